The van der Waals surface area contributed by atoms with Crippen LogP contribution < -0.4 is 5.56 Å². The van der Waals surface area contributed by atoms with Gasteiger partial charge >= 0.3 is 11.2 Å². The molecule has 0 spiro atoms. The maximum atomic E-state index is 13.2. The van der Waals surface area contributed by atoms with Crippen LogP contribution in [0.15, 0.2) is 16.9 Å². The van der Waals surface area contributed by atoms with E-state index in [0.717, 1.165) is 49.1 Å². The molecular weight excluding hydrogens is 362 g/mol. The number of piperidine rings is 1. The van der Waals surface area contributed by atoms with Crippen molar-refractivity contribution in [2.45, 2.75) is 44.6 Å². The number of nitro groups is 1. The summed E-state index contributed by atoms with van der Waals surface area (Å²) in [7, 11) is 0. The zero-order valence-electron chi connectivity index (χ0n) is 15.4. The van der Waals surface area contributed by atoms with Crippen molar-refractivity contribution >= 4 is 11.6 Å². The van der Waals surface area contributed by atoms with Crippen LogP contribution in [-0.2, 0) is 19.4 Å². The Bertz CT molecular complexity index is 1040. The SMILES string of the molecule is O=C(c1n[nH]c2c1CCCC2)N1C[C@H]2C[C@@H](C1)c1ccc([N+](=O)[O-])c(=O)n1C2. The third-order valence-corrected chi connectivity index (χ3v) is 6.33. The molecule has 0 unspecified atom stereocenters. The first-order valence-corrected chi connectivity index (χ1v) is 9.76. The normalized spacial score (nSPS) is 23.1. The van der Waals surface area contributed by atoms with Crippen molar-refractivity contribution in [3.63, 3.8) is 0 Å². The van der Waals surface area contributed by atoms with E-state index in [2.05, 4.69) is 10.2 Å². The maximum absolute atomic E-state index is 13.2. The molecular formula is C19H21N5O4. The molecule has 0 radical (unpaired) electrons. The number of nitrogens with zero attached hydrogens (tertiary/aromatic N) is 4. The second-order valence-electron chi connectivity index (χ2n) is 8.06. The zero-order valence-corrected chi connectivity index (χ0v) is 15.4. The number of carbonyl (C=O) groups excluding carboxylic acids is 1. The summed E-state index contributed by atoms with van der Waals surface area (Å²) in [5, 5.41) is 18.4. The second-order valence-corrected chi connectivity index (χ2v) is 8.06. The molecule has 0 aromatic carbocycles. The van der Waals surface area contributed by atoms with Gasteiger partial charge in [-0.3, -0.25) is 24.8 Å². The predicted molar refractivity (Wildman–Crippen MR) is 99.3 cm³/mol. The fourth-order valence-electron chi connectivity index (χ4n) is 5.05. The first-order chi connectivity index (χ1) is 13.5. The Balaban J connectivity index is 1.44. The molecule has 9 nitrogen and oxygen atoms in total. The number of aryl methyl sites for hydroxylation is 1. The van der Waals surface area contributed by atoms with Gasteiger partial charge < -0.3 is 9.47 Å². The van der Waals surface area contributed by atoms with Crippen LogP contribution >= 0.6 is 0 Å². The predicted octanol–water partition coefficient (Wildman–Crippen LogP) is 1.62. The van der Waals surface area contributed by atoms with E-state index in [-0.39, 0.29) is 23.4 Å². The van der Waals surface area contributed by atoms with Crippen LogP contribution in [0.4, 0.5) is 5.69 Å². The lowest BCUT2D eigenvalue weighted by Crippen LogP contribution is -2.49. The maximum Gasteiger partial charge on any atom is 0.334 e. The number of aromatic amines is 1. The number of hydrogen-bond acceptors (Lipinski definition) is 5. The number of amides is 1. The van der Waals surface area contributed by atoms with Crippen LogP contribution in [0.1, 0.15) is 52.6 Å². The molecule has 2 aromatic heterocycles. The van der Waals surface area contributed by atoms with E-state index in [9.17, 15) is 19.7 Å². The molecule has 1 fully saturated rings. The summed E-state index contributed by atoms with van der Waals surface area (Å²) >= 11 is 0. The molecule has 4 heterocycles. The molecule has 1 N–H and O–H groups in total. The van der Waals surface area contributed by atoms with E-state index >= 15 is 0 Å². The van der Waals surface area contributed by atoms with Gasteiger partial charge in [0.15, 0.2) is 5.69 Å². The fraction of sp³-hybridized carbons (Fsp3) is 0.526. The lowest BCUT2D eigenvalue weighted by atomic mass is 9.83. The van der Waals surface area contributed by atoms with Crippen LogP contribution in [0.25, 0.3) is 0 Å². The average Bonchev–Trinajstić information content (AvgIpc) is 3.12. The average molecular weight is 383 g/mol. The molecule has 2 aliphatic heterocycles. The van der Waals surface area contributed by atoms with Crippen molar-refractivity contribution in [2.24, 2.45) is 5.92 Å². The van der Waals surface area contributed by atoms with Crippen LogP contribution in [0.5, 0.6) is 0 Å². The minimum Gasteiger partial charge on any atom is -0.336 e. The summed E-state index contributed by atoms with van der Waals surface area (Å²) < 4.78 is 1.54. The Labute approximate surface area is 160 Å². The Hall–Kier alpha value is -2.97. The monoisotopic (exact) mass is 383 g/mol. The standard InChI is InChI=1S/C19H21N5O4/c25-18-16(24(27)28)6-5-15-12-7-11(9-23(15)18)8-22(10-12)19(26)17-13-3-1-2-4-14(13)20-21-17/h5-6,11-12H,1-4,7-10H2,(H,20,21)/t11-,12+/m1/s1. The van der Waals surface area contributed by atoms with E-state index in [1.807, 2.05) is 4.90 Å². The molecule has 1 aliphatic carbocycles. The number of likely N-dealkylation sites (tertiary alicyclic amines) is 1. The van der Waals surface area contributed by atoms with E-state index in [4.69, 9.17) is 0 Å². The van der Waals surface area contributed by atoms with Crippen LogP contribution in [-0.4, -0.2) is 43.6 Å². The Morgan fingerprint density at radius 2 is 2.04 bits per heavy atom. The number of hydrogen-bond donors (Lipinski definition) is 1. The lowest BCUT2D eigenvalue weighted by molar-refractivity contribution is -0.386. The lowest BCUT2D eigenvalue weighted by Gasteiger charge is -2.42. The van der Waals surface area contributed by atoms with Crippen molar-refractivity contribution in [3.05, 3.63) is 55.2 Å². The van der Waals surface area contributed by atoms with Crippen LogP contribution in [0.2, 0.25) is 0 Å². The summed E-state index contributed by atoms with van der Waals surface area (Å²) in [4.78, 5) is 37.9. The molecule has 1 amide bonds. The highest BCUT2D eigenvalue weighted by atomic mass is 16.6. The van der Waals surface area contributed by atoms with Gasteiger partial charge in [-0.1, -0.05) is 0 Å². The van der Waals surface area contributed by atoms with Crippen LogP contribution in [0.3, 0.4) is 0 Å². The molecule has 3 aliphatic rings. The highest BCUT2D eigenvalue weighted by Crippen LogP contribution is 2.36. The van der Waals surface area contributed by atoms with Gasteiger partial charge in [-0.05, 0) is 44.1 Å². The molecule has 2 bridgehead atoms. The first kappa shape index (κ1) is 17.2. The molecule has 5 rings (SSSR count). The molecule has 2 aromatic rings. The number of fused-ring (bicyclic) bond motifs is 5. The largest absolute Gasteiger partial charge is 0.336 e. The van der Waals surface area contributed by atoms with Gasteiger partial charge in [0.2, 0.25) is 0 Å². The van der Waals surface area contributed by atoms with Crippen LogP contribution in [0, 0.1) is 16.0 Å². The van der Waals surface area contributed by atoms with E-state index in [1.165, 1.54) is 10.6 Å². The van der Waals surface area contributed by atoms with E-state index in [1.54, 1.807) is 6.07 Å². The Morgan fingerprint density at radius 3 is 2.86 bits per heavy atom. The van der Waals surface area contributed by atoms with Gasteiger partial charge in [-0.15, -0.1) is 0 Å². The van der Waals surface area contributed by atoms with Crippen molar-refractivity contribution in [1.82, 2.24) is 19.7 Å². The van der Waals surface area contributed by atoms with E-state index in [0.29, 0.717) is 25.3 Å². The molecule has 146 valence electrons. The van der Waals surface area contributed by atoms with Gasteiger partial charge in [0.1, 0.15) is 0 Å². The van der Waals surface area contributed by atoms with Gasteiger partial charge in [-0.2, -0.15) is 5.10 Å². The van der Waals surface area contributed by atoms with Gasteiger partial charge in [0.25, 0.3) is 5.91 Å². The van der Waals surface area contributed by atoms with Crippen molar-refractivity contribution in [2.75, 3.05) is 13.1 Å². The first-order valence-electron chi connectivity index (χ1n) is 9.76. The minimum atomic E-state index is -0.628. The van der Waals surface area contributed by atoms with Crippen molar-refractivity contribution < 1.29 is 9.72 Å². The smallest absolute Gasteiger partial charge is 0.334 e. The summed E-state index contributed by atoms with van der Waals surface area (Å²) in [5.41, 5.74) is 2.53. The highest BCUT2D eigenvalue weighted by Gasteiger charge is 2.39. The zero-order chi connectivity index (χ0) is 19.4. The number of carbonyl (C=O) groups is 1. The summed E-state index contributed by atoms with van der Waals surface area (Å²) in [5.74, 6) is 0.0798. The third kappa shape index (κ3) is 2.56. The van der Waals surface area contributed by atoms with Gasteiger partial charge in [-0.25, -0.2) is 0 Å². The highest BCUT2D eigenvalue weighted by molar-refractivity contribution is 5.94. The summed E-state index contributed by atoms with van der Waals surface area (Å²) in [6.07, 6.45) is 4.91. The number of nitrogens with one attached hydrogen (secondary N) is 1. The fourth-order valence-corrected chi connectivity index (χ4v) is 5.05. The summed E-state index contributed by atoms with van der Waals surface area (Å²) in [6, 6.07) is 2.96. The molecule has 28 heavy (non-hydrogen) atoms. The van der Waals surface area contributed by atoms with Gasteiger partial charge in [0.05, 0.1) is 4.92 Å². The molecule has 0 saturated carbocycles. The topological polar surface area (TPSA) is 114 Å². The number of pyridine rings is 1. The second kappa shape index (κ2) is 6.29. The number of aromatic nitrogens is 3. The Morgan fingerprint density at radius 1 is 1.21 bits per heavy atom. The minimum absolute atomic E-state index is 0.0136. The molecule has 9 heteroatoms. The number of H-pyrrole nitrogens is 1. The molecule has 2 atom stereocenters. The van der Waals surface area contributed by atoms with Crippen molar-refractivity contribution in [3.8, 4) is 0 Å². The van der Waals surface area contributed by atoms with Crippen molar-refractivity contribution in [1.29, 1.82) is 0 Å². The summed E-state index contributed by atoms with van der Waals surface area (Å²) in [6.45, 7) is 1.47. The number of rotatable bonds is 2. The quantitative estimate of drug-likeness (QED) is 0.625. The molecule has 1 saturated heterocycles. The third-order valence-electron chi connectivity index (χ3n) is 6.33. The van der Waals surface area contributed by atoms with Gasteiger partial charge in [0, 0.05) is 48.6 Å². The Kier molecular flexibility index (Phi) is 3.85. The van der Waals surface area contributed by atoms with E-state index < -0.39 is 10.5 Å².